The number of unbranched alkanes of at least 4 members (excludes halogenated alkanes) is 43. The molecule has 0 rings (SSSR count). The lowest BCUT2D eigenvalue weighted by Gasteiger charge is -2.30. The summed E-state index contributed by atoms with van der Waals surface area (Å²) < 4.78 is 30.3. The second-order valence-corrected chi connectivity index (χ2v) is 25.4. The molecule has 0 heterocycles. The zero-order chi connectivity index (χ0) is 55.7. The monoisotopic (exact) mass is 1090 g/mol. The summed E-state index contributed by atoms with van der Waals surface area (Å²) >= 11 is 0. The van der Waals surface area contributed by atoms with Crippen LogP contribution in [0.1, 0.15) is 335 Å². The highest BCUT2D eigenvalue weighted by Crippen LogP contribution is 2.38. The first-order valence-corrected chi connectivity index (χ1v) is 34.6. The molecule has 0 saturated carbocycles. The predicted octanol–water partition coefficient (Wildman–Crippen LogP) is 19.9. The zero-order valence-electron chi connectivity index (χ0n) is 51.5. The van der Waals surface area contributed by atoms with Gasteiger partial charge in [-0.15, -0.1) is 0 Å². The van der Waals surface area contributed by atoms with Gasteiger partial charge in [0.25, 0.3) is 7.82 Å². The lowest BCUT2D eigenvalue weighted by molar-refractivity contribution is -0.870. The molecule has 0 aromatic rings. The van der Waals surface area contributed by atoms with Crippen LogP contribution in [-0.4, -0.2) is 69.4 Å². The molecule has 3 atom stereocenters. The molecule has 0 aliphatic rings. The number of nitrogens with one attached hydrogen (secondary N) is 1. The van der Waals surface area contributed by atoms with Crippen LogP contribution in [0.3, 0.4) is 0 Å². The van der Waals surface area contributed by atoms with Crippen molar-refractivity contribution in [3.8, 4) is 0 Å². The maximum Gasteiger partial charge on any atom is 0.306 e. The third kappa shape index (κ3) is 57.2. The van der Waals surface area contributed by atoms with Gasteiger partial charge in [-0.25, -0.2) is 0 Å². The molecular weight excluding hydrogens is 964 g/mol. The summed E-state index contributed by atoms with van der Waals surface area (Å²) in [6.45, 7) is 6.87. The maximum atomic E-state index is 13.5. The number of allylic oxidation sites excluding steroid dienone is 3. The van der Waals surface area contributed by atoms with Crippen LogP contribution in [0.15, 0.2) is 24.3 Å². The zero-order valence-corrected chi connectivity index (χ0v) is 52.4. The van der Waals surface area contributed by atoms with Crippen molar-refractivity contribution in [2.75, 3.05) is 40.9 Å². The average Bonchev–Trinajstić information content (AvgIpc) is 3.38. The normalized spacial score (nSPS) is 13.7. The van der Waals surface area contributed by atoms with Gasteiger partial charge < -0.3 is 28.5 Å². The molecule has 0 bridgehead atoms. The molecule has 0 aliphatic carbocycles. The molecule has 76 heavy (non-hydrogen) atoms. The summed E-state index contributed by atoms with van der Waals surface area (Å²) in [5, 5.41) is 3.04. The SMILES string of the molecule is CCCCCCCC/C=C/CCCCCCCCCCCCCCCCCCCC(=O)NC(COP(=O)([O-])OCC[N+](C)(C)C)C(/C=C\CCCCCCCCCCCC)OC(=O)CCCCCCCCCCCCC. The van der Waals surface area contributed by atoms with E-state index in [1.165, 1.54) is 244 Å². The van der Waals surface area contributed by atoms with Gasteiger partial charge in [-0.2, -0.15) is 0 Å². The summed E-state index contributed by atoms with van der Waals surface area (Å²) in [6.07, 6.45) is 67.3. The minimum Gasteiger partial charge on any atom is -0.756 e. The fraction of sp³-hybridized carbons (Fsp3) is 0.909. The first-order valence-electron chi connectivity index (χ1n) is 33.1. The number of likely N-dealkylation sites (N-methyl/N-ethyl adjacent to an activating group) is 1. The Bertz CT molecular complexity index is 1350. The Kier molecular flexibility index (Phi) is 55.6. The van der Waals surface area contributed by atoms with Crippen molar-refractivity contribution >= 4 is 19.7 Å². The molecule has 450 valence electrons. The van der Waals surface area contributed by atoms with Crippen LogP contribution >= 0.6 is 7.82 Å². The van der Waals surface area contributed by atoms with E-state index >= 15 is 0 Å². The smallest absolute Gasteiger partial charge is 0.306 e. The van der Waals surface area contributed by atoms with Gasteiger partial charge in [-0.3, -0.25) is 14.2 Å². The molecule has 0 aliphatic heterocycles. The Labute approximate surface area is 473 Å². The van der Waals surface area contributed by atoms with Crippen molar-refractivity contribution in [1.82, 2.24) is 5.32 Å². The summed E-state index contributed by atoms with van der Waals surface area (Å²) in [5.41, 5.74) is 0. The van der Waals surface area contributed by atoms with E-state index in [9.17, 15) is 19.0 Å². The van der Waals surface area contributed by atoms with Gasteiger partial charge >= 0.3 is 5.97 Å². The Morgan fingerprint density at radius 2 is 0.763 bits per heavy atom. The van der Waals surface area contributed by atoms with Gasteiger partial charge in [0, 0.05) is 12.8 Å². The molecule has 0 radical (unpaired) electrons. The molecule has 0 spiro atoms. The molecule has 0 aromatic carbocycles. The molecule has 9 nitrogen and oxygen atoms in total. The lowest BCUT2D eigenvalue weighted by Crippen LogP contribution is -2.47. The maximum absolute atomic E-state index is 13.5. The van der Waals surface area contributed by atoms with Gasteiger partial charge in [0.15, 0.2) is 0 Å². The van der Waals surface area contributed by atoms with E-state index in [1.54, 1.807) is 0 Å². The molecule has 1 N–H and O–H groups in total. The fourth-order valence-electron chi connectivity index (χ4n) is 9.99. The number of carbonyl (C=O) groups excluding carboxylic acids is 2. The van der Waals surface area contributed by atoms with Gasteiger partial charge in [0.2, 0.25) is 5.91 Å². The van der Waals surface area contributed by atoms with E-state index in [2.05, 4.69) is 38.2 Å². The van der Waals surface area contributed by atoms with Gasteiger partial charge in [-0.05, 0) is 57.4 Å². The topological polar surface area (TPSA) is 114 Å². The number of ether oxygens (including phenoxy) is 1. The molecule has 1 amide bonds. The highest BCUT2D eigenvalue weighted by Gasteiger charge is 2.27. The van der Waals surface area contributed by atoms with Crippen molar-refractivity contribution in [2.24, 2.45) is 0 Å². The first kappa shape index (κ1) is 74.5. The highest BCUT2D eigenvalue weighted by atomic mass is 31.2. The van der Waals surface area contributed by atoms with E-state index in [0.29, 0.717) is 17.4 Å². The fourth-order valence-corrected chi connectivity index (χ4v) is 10.7. The number of quaternary nitrogens is 1. The Morgan fingerprint density at radius 1 is 0.447 bits per heavy atom. The van der Waals surface area contributed by atoms with E-state index in [1.807, 2.05) is 33.3 Å². The average molecular weight is 1090 g/mol. The summed E-state index contributed by atoms with van der Waals surface area (Å²) in [4.78, 5) is 39.9. The molecular formula is C66H129N2O7P. The third-order valence-corrected chi connectivity index (χ3v) is 16.1. The minimum atomic E-state index is -4.69. The van der Waals surface area contributed by atoms with Crippen molar-refractivity contribution < 1.29 is 37.3 Å². The standard InChI is InChI=1S/C66H129N2O7P/c1-7-10-13-16-19-22-25-27-28-29-30-31-32-33-34-35-36-37-38-39-40-41-44-46-49-52-55-58-65(69)67-63(62-74-76(71,72)73-61-60-68(4,5)6)64(57-54-51-48-45-43-26-23-20-17-14-11-8-2)75-66(70)59-56-53-50-47-42-24-21-18-15-12-9-3/h27-28,54,57,63-64H,7-26,29-53,55-56,58-62H2,1-6H3,(H-,67,69,71,72)/b28-27+,57-54-. The van der Waals surface area contributed by atoms with Crippen molar-refractivity contribution in [3.05, 3.63) is 24.3 Å². The van der Waals surface area contributed by atoms with Crippen LogP contribution < -0.4 is 10.2 Å². The molecule has 0 saturated heterocycles. The third-order valence-electron chi connectivity index (χ3n) is 15.1. The Balaban J connectivity index is 4.92. The molecule has 0 fully saturated rings. The van der Waals surface area contributed by atoms with E-state index in [0.717, 1.165) is 57.8 Å². The van der Waals surface area contributed by atoms with Crippen molar-refractivity contribution in [2.45, 2.75) is 348 Å². The number of hydrogen-bond acceptors (Lipinski definition) is 7. The second-order valence-electron chi connectivity index (χ2n) is 24.0. The summed E-state index contributed by atoms with van der Waals surface area (Å²) in [5.74, 6) is -0.524. The van der Waals surface area contributed by atoms with Crippen LogP contribution in [0.5, 0.6) is 0 Å². The van der Waals surface area contributed by atoms with E-state index in [-0.39, 0.29) is 31.5 Å². The van der Waals surface area contributed by atoms with Crippen molar-refractivity contribution in [1.29, 1.82) is 0 Å². The van der Waals surface area contributed by atoms with Crippen LogP contribution in [-0.2, 0) is 27.9 Å². The Hall–Kier alpha value is -1.51. The molecule has 3 unspecified atom stereocenters. The lowest BCUT2D eigenvalue weighted by atomic mass is 10.0. The van der Waals surface area contributed by atoms with Crippen LogP contribution in [0, 0.1) is 0 Å². The largest absolute Gasteiger partial charge is 0.756 e. The highest BCUT2D eigenvalue weighted by molar-refractivity contribution is 7.45. The first-order chi connectivity index (χ1) is 36.9. The van der Waals surface area contributed by atoms with Gasteiger partial charge in [0.1, 0.15) is 19.3 Å². The van der Waals surface area contributed by atoms with Crippen molar-refractivity contribution in [3.63, 3.8) is 0 Å². The number of phosphoric ester groups is 1. The van der Waals surface area contributed by atoms with Crippen LogP contribution in [0.4, 0.5) is 0 Å². The van der Waals surface area contributed by atoms with Crippen LogP contribution in [0.2, 0.25) is 0 Å². The summed E-state index contributed by atoms with van der Waals surface area (Å²) in [6, 6.07) is -0.881. The van der Waals surface area contributed by atoms with Crippen LogP contribution in [0.25, 0.3) is 0 Å². The number of phosphoric acid groups is 1. The van der Waals surface area contributed by atoms with Gasteiger partial charge in [0.05, 0.1) is 33.8 Å². The predicted molar refractivity (Wildman–Crippen MR) is 326 cm³/mol. The number of esters is 1. The number of rotatable bonds is 61. The van der Waals surface area contributed by atoms with E-state index < -0.39 is 20.0 Å². The number of carbonyl (C=O) groups is 2. The van der Waals surface area contributed by atoms with Gasteiger partial charge in [-0.1, -0.05) is 289 Å². The number of nitrogens with zero attached hydrogens (tertiary/aromatic N) is 1. The van der Waals surface area contributed by atoms with E-state index in [4.69, 9.17) is 13.8 Å². The quantitative estimate of drug-likeness (QED) is 0.0212. The minimum absolute atomic E-state index is 0.0180. The molecule has 0 aromatic heterocycles. The Morgan fingerprint density at radius 3 is 1.12 bits per heavy atom. The molecule has 10 heteroatoms. The second kappa shape index (κ2) is 56.8. The summed E-state index contributed by atoms with van der Waals surface area (Å²) in [7, 11) is 1.20. The number of amides is 1. The number of hydrogen-bond donors (Lipinski definition) is 1.